The standard InChI is InChI=1S/C21H19ClN4O2S/c1-14-7-9-18(10-8-14)26(12-4-11-23)20(27)15(2)29-21-25-24-19(28-21)16-5-3-6-17(22)13-16/h3,5-10,13,15H,4,12H2,1-2H3. The molecule has 148 valence electrons. The van der Waals surface area contributed by atoms with Crippen LogP contribution >= 0.6 is 23.4 Å². The minimum absolute atomic E-state index is 0.128. The van der Waals surface area contributed by atoms with Crippen molar-refractivity contribution in [3.63, 3.8) is 0 Å². The number of benzene rings is 2. The highest BCUT2D eigenvalue weighted by Crippen LogP contribution is 2.29. The highest BCUT2D eigenvalue weighted by molar-refractivity contribution is 8.00. The van der Waals surface area contributed by atoms with Crippen LogP contribution in [0, 0.1) is 18.3 Å². The van der Waals surface area contributed by atoms with Gasteiger partial charge in [-0.05, 0) is 44.2 Å². The molecule has 0 N–H and O–H groups in total. The molecule has 3 aromatic rings. The van der Waals surface area contributed by atoms with Crippen molar-refractivity contribution in [1.29, 1.82) is 5.26 Å². The molecule has 29 heavy (non-hydrogen) atoms. The van der Waals surface area contributed by atoms with E-state index in [-0.39, 0.29) is 12.3 Å². The first-order valence-electron chi connectivity index (χ1n) is 8.99. The molecule has 1 heterocycles. The Morgan fingerprint density at radius 1 is 1.28 bits per heavy atom. The van der Waals surface area contributed by atoms with Gasteiger partial charge in [-0.25, -0.2) is 0 Å². The number of hydrogen-bond donors (Lipinski definition) is 0. The number of thioether (sulfide) groups is 1. The summed E-state index contributed by atoms with van der Waals surface area (Å²) in [5.41, 5.74) is 2.57. The maximum absolute atomic E-state index is 13.0. The van der Waals surface area contributed by atoms with E-state index in [2.05, 4.69) is 16.3 Å². The maximum Gasteiger partial charge on any atom is 0.277 e. The van der Waals surface area contributed by atoms with Crippen molar-refractivity contribution < 1.29 is 9.21 Å². The van der Waals surface area contributed by atoms with Crippen LogP contribution in [-0.2, 0) is 4.79 Å². The molecule has 1 aromatic heterocycles. The number of carbonyl (C=O) groups is 1. The van der Waals surface area contributed by atoms with Crippen LogP contribution in [0.3, 0.4) is 0 Å². The fourth-order valence-corrected chi connectivity index (χ4v) is 3.61. The molecule has 1 atom stereocenters. The van der Waals surface area contributed by atoms with Crippen LogP contribution in [-0.4, -0.2) is 27.9 Å². The molecule has 0 saturated heterocycles. The summed E-state index contributed by atoms with van der Waals surface area (Å²) in [7, 11) is 0. The quantitative estimate of drug-likeness (QED) is 0.487. The van der Waals surface area contributed by atoms with Gasteiger partial charge in [-0.3, -0.25) is 4.79 Å². The number of hydrogen-bond acceptors (Lipinski definition) is 6. The Hall–Kier alpha value is -2.82. The second-order valence-electron chi connectivity index (χ2n) is 6.38. The normalized spacial score (nSPS) is 11.7. The molecule has 8 heteroatoms. The molecule has 6 nitrogen and oxygen atoms in total. The van der Waals surface area contributed by atoms with E-state index in [9.17, 15) is 4.79 Å². The number of aromatic nitrogens is 2. The van der Waals surface area contributed by atoms with Crippen molar-refractivity contribution in [1.82, 2.24) is 10.2 Å². The smallest absolute Gasteiger partial charge is 0.277 e. The Bertz CT molecular complexity index is 1030. The van der Waals surface area contributed by atoms with E-state index in [1.54, 1.807) is 30.0 Å². The fourth-order valence-electron chi connectivity index (χ4n) is 2.67. The largest absolute Gasteiger partial charge is 0.411 e. The lowest BCUT2D eigenvalue weighted by molar-refractivity contribution is -0.117. The zero-order valence-corrected chi connectivity index (χ0v) is 17.6. The number of nitriles is 1. The lowest BCUT2D eigenvalue weighted by Crippen LogP contribution is -2.37. The van der Waals surface area contributed by atoms with Crippen molar-refractivity contribution in [2.24, 2.45) is 0 Å². The molecule has 0 saturated carbocycles. The van der Waals surface area contributed by atoms with E-state index in [0.717, 1.165) is 11.3 Å². The minimum Gasteiger partial charge on any atom is -0.411 e. The molecule has 0 aliphatic carbocycles. The molecular weight excluding hydrogens is 408 g/mol. The lowest BCUT2D eigenvalue weighted by atomic mass is 10.2. The van der Waals surface area contributed by atoms with Gasteiger partial charge in [-0.2, -0.15) is 5.26 Å². The van der Waals surface area contributed by atoms with Crippen LogP contribution in [0.25, 0.3) is 11.5 Å². The number of rotatable bonds is 7. The van der Waals surface area contributed by atoms with Gasteiger partial charge in [0.2, 0.25) is 11.8 Å². The number of nitrogens with zero attached hydrogens (tertiary/aromatic N) is 4. The van der Waals surface area contributed by atoms with Crippen molar-refractivity contribution in [3.05, 3.63) is 59.1 Å². The molecule has 0 spiro atoms. The highest BCUT2D eigenvalue weighted by Gasteiger charge is 2.25. The summed E-state index contributed by atoms with van der Waals surface area (Å²) in [6, 6.07) is 16.9. The first kappa shape index (κ1) is 20.9. The summed E-state index contributed by atoms with van der Waals surface area (Å²) < 4.78 is 5.69. The van der Waals surface area contributed by atoms with Crippen LogP contribution in [0.1, 0.15) is 18.9 Å². The summed E-state index contributed by atoms with van der Waals surface area (Å²) in [6.45, 7) is 4.08. The third-order valence-electron chi connectivity index (χ3n) is 4.16. The first-order chi connectivity index (χ1) is 14.0. The molecule has 3 rings (SSSR count). The maximum atomic E-state index is 13.0. The van der Waals surface area contributed by atoms with Crippen LogP contribution in [0.2, 0.25) is 5.02 Å². The van der Waals surface area contributed by atoms with Crippen molar-refractivity contribution in [2.45, 2.75) is 30.7 Å². The third-order valence-corrected chi connectivity index (χ3v) is 5.32. The summed E-state index contributed by atoms with van der Waals surface area (Å²) >= 11 is 7.19. The van der Waals surface area contributed by atoms with E-state index in [1.165, 1.54) is 11.8 Å². The number of carbonyl (C=O) groups excluding carboxylic acids is 1. The predicted molar refractivity (Wildman–Crippen MR) is 114 cm³/mol. The highest BCUT2D eigenvalue weighted by atomic mass is 35.5. The fraction of sp³-hybridized carbons (Fsp3) is 0.238. The average molecular weight is 427 g/mol. The van der Waals surface area contributed by atoms with Crippen LogP contribution in [0.5, 0.6) is 0 Å². The van der Waals surface area contributed by atoms with Crippen LogP contribution in [0.15, 0.2) is 58.2 Å². The Balaban J connectivity index is 1.74. The van der Waals surface area contributed by atoms with Gasteiger partial charge in [-0.15, -0.1) is 10.2 Å². The van der Waals surface area contributed by atoms with Gasteiger partial charge in [0.1, 0.15) is 0 Å². The Morgan fingerprint density at radius 3 is 2.72 bits per heavy atom. The first-order valence-corrected chi connectivity index (χ1v) is 10.2. The second kappa shape index (κ2) is 9.59. The van der Waals surface area contributed by atoms with E-state index < -0.39 is 5.25 Å². The van der Waals surface area contributed by atoms with Gasteiger partial charge in [0, 0.05) is 22.8 Å². The molecule has 2 aromatic carbocycles. The van der Waals surface area contributed by atoms with E-state index in [1.807, 2.05) is 37.3 Å². The van der Waals surface area contributed by atoms with Crippen molar-refractivity contribution in [3.8, 4) is 17.5 Å². The monoisotopic (exact) mass is 426 g/mol. The van der Waals surface area contributed by atoms with Crippen molar-refractivity contribution >= 4 is 35.0 Å². The minimum atomic E-state index is -0.470. The zero-order chi connectivity index (χ0) is 20.8. The third kappa shape index (κ3) is 5.37. The van der Waals surface area contributed by atoms with Crippen molar-refractivity contribution in [2.75, 3.05) is 11.4 Å². The molecule has 0 aliphatic heterocycles. The van der Waals surface area contributed by atoms with Gasteiger partial charge in [0.25, 0.3) is 5.22 Å². The van der Waals surface area contributed by atoms with Crippen LogP contribution < -0.4 is 4.90 Å². The van der Waals surface area contributed by atoms with Gasteiger partial charge in [0.05, 0.1) is 17.7 Å². The molecule has 0 bridgehead atoms. The van der Waals surface area contributed by atoms with E-state index in [0.29, 0.717) is 28.2 Å². The van der Waals surface area contributed by atoms with Gasteiger partial charge >= 0.3 is 0 Å². The molecular formula is C21H19ClN4O2S. The Morgan fingerprint density at radius 2 is 2.03 bits per heavy atom. The Kier molecular flexibility index (Phi) is 6.91. The SMILES string of the molecule is Cc1ccc(N(CCC#N)C(=O)C(C)Sc2nnc(-c3cccc(Cl)c3)o2)cc1. The summed E-state index contributed by atoms with van der Waals surface area (Å²) in [6.07, 6.45) is 0.247. The van der Waals surface area contributed by atoms with Gasteiger partial charge in [0.15, 0.2) is 0 Å². The van der Waals surface area contributed by atoms with E-state index in [4.69, 9.17) is 21.3 Å². The van der Waals surface area contributed by atoms with E-state index >= 15 is 0 Å². The number of aryl methyl sites for hydroxylation is 1. The summed E-state index contributed by atoms with van der Waals surface area (Å²) in [4.78, 5) is 14.7. The number of amides is 1. The molecule has 1 amide bonds. The molecule has 0 fully saturated rings. The Labute approximate surface area is 178 Å². The number of anilines is 1. The molecule has 0 aliphatic rings. The van der Waals surface area contributed by atoms with Gasteiger partial charge in [-0.1, -0.05) is 47.1 Å². The topological polar surface area (TPSA) is 83.0 Å². The molecule has 1 unspecified atom stereocenters. The number of halogens is 1. The molecule has 0 radical (unpaired) electrons. The zero-order valence-electron chi connectivity index (χ0n) is 16.0. The second-order valence-corrected chi connectivity index (χ2v) is 8.11. The van der Waals surface area contributed by atoms with Gasteiger partial charge < -0.3 is 9.32 Å². The summed E-state index contributed by atoms with van der Waals surface area (Å²) in [5.74, 6) is 0.214. The van der Waals surface area contributed by atoms with Crippen LogP contribution in [0.4, 0.5) is 5.69 Å². The summed E-state index contributed by atoms with van der Waals surface area (Å²) in [5, 5.41) is 17.4. The predicted octanol–water partition coefficient (Wildman–Crippen LogP) is 5.13. The lowest BCUT2D eigenvalue weighted by Gasteiger charge is -2.24. The average Bonchev–Trinajstić information content (AvgIpc) is 3.18.